The minimum absolute atomic E-state index is 0.00463. The van der Waals surface area contributed by atoms with Gasteiger partial charge in [0.15, 0.2) is 0 Å². The van der Waals surface area contributed by atoms with E-state index in [-0.39, 0.29) is 17.8 Å². The van der Waals surface area contributed by atoms with Crippen LogP contribution in [0, 0.1) is 23.2 Å². The van der Waals surface area contributed by atoms with Gasteiger partial charge < -0.3 is 9.84 Å². The Kier molecular flexibility index (Phi) is 1.15. The third-order valence-electron chi connectivity index (χ3n) is 4.02. The summed E-state index contributed by atoms with van der Waals surface area (Å²) < 4.78 is 4.89. The molecule has 3 rings (SSSR count). The van der Waals surface area contributed by atoms with Crippen LogP contribution in [0.1, 0.15) is 13.3 Å². The summed E-state index contributed by atoms with van der Waals surface area (Å²) in [4.78, 5) is 11.6. The molecule has 5 unspecified atom stereocenters. The number of carbonyl (C=O) groups is 1. The lowest BCUT2D eigenvalue weighted by molar-refractivity contribution is -0.160. The Balaban J connectivity index is 2.12. The van der Waals surface area contributed by atoms with Gasteiger partial charge >= 0.3 is 5.97 Å². The van der Waals surface area contributed by atoms with E-state index in [0.29, 0.717) is 5.92 Å². The standard InChI is InChI=1S/C10H12O3/c1-10-6-3-2-5(4-6)7(10)8(11)13-9(10)12/h2-3,5-8,11H,4H2,1H3. The predicted molar refractivity (Wildman–Crippen MR) is 44.4 cm³/mol. The van der Waals surface area contributed by atoms with Gasteiger partial charge in [0.05, 0.1) is 5.41 Å². The van der Waals surface area contributed by atoms with E-state index >= 15 is 0 Å². The van der Waals surface area contributed by atoms with E-state index in [2.05, 4.69) is 12.2 Å². The number of rotatable bonds is 0. The molecule has 1 heterocycles. The monoisotopic (exact) mass is 180 g/mol. The van der Waals surface area contributed by atoms with Gasteiger partial charge in [0, 0.05) is 5.92 Å². The topological polar surface area (TPSA) is 46.5 Å². The zero-order chi connectivity index (χ0) is 9.22. The number of hydrogen-bond donors (Lipinski definition) is 1. The van der Waals surface area contributed by atoms with Crippen LogP contribution >= 0.6 is 0 Å². The van der Waals surface area contributed by atoms with Crippen LogP contribution < -0.4 is 0 Å². The van der Waals surface area contributed by atoms with E-state index < -0.39 is 11.7 Å². The van der Waals surface area contributed by atoms with Crippen molar-refractivity contribution in [2.75, 3.05) is 0 Å². The first-order chi connectivity index (χ1) is 6.14. The van der Waals surface area contributed by atoms with Gasteiger partial charge in [-0.1, -0.05) is 12.2 Å². The molecular weight excluding hydrogens is 168 g/mol. The Bertz CT molecular complexity index is 309. The molecule has 0 aromatic carbocycles. The molecule has 2 fully saturated rings. The molecule has 0 aromatic rings. The first-order valence-corrected chi connectivity index (χ1v) is 4.71. The minimum Gasteiger partial charge on any atom is -0.435 e. The fourth-order valence-corrected chi connectivity index (χ4v) is 3.24. The molecule has 5 atom stereocenters. The second-order valence-electron chi connectivity index (χ2n) is 4.50. The van der Waals surface area contributed by atoms with Crippen molar-refractivity contribution >= 4 is 5.97 Å². The van der Waals surface area contributed by atoms with Crippen LogP contribution in [0.3, 0.4) is 0 Å². The van der Waals surface area contributed by atoms with Crippen molar-refractivity contribution in [3.05, 3.63) is 12.2 Å². The van der Waals surface area contributed by atoms with E-state index in [1.54, 1.807) is 0 Å². The summed E-state index contributed by atoms with van der Waals surface area (Å²) in [7, 11) is 0. The number of aliphatic hydroxyl groups excluding tert-OH is 1. The number of ether oxygens (including phenoxy) is 1. The van der Waals surface area contributed by atoms with Crippen molar-refractivity contribution in [1.82, 2.24) is 0 Å². The quantitative estimate of drug-likeness (QED) is 0.440. The van der Waals surface area contributed by atoms with Gasteiger partial charge in [-0.3, -0.25) is 4.79 Å². The van der Waals surface area contributed by atoms with Crippen LogP contribution in [-0.2, 0) is 9.53 Å². The SMILES string of the molecule is CC12C(=O)OC(O)C1C1C=CC2C1. The van der Waals surface area contributed by atoms with Crippen molar-refractivity contribution in [3.8, 4) is 0 Å². The first-order valence-electron chi connectivity index (χ1n) is 4.71. The number of carbonyl (C=O) groups excluding carboxylic acids is 1. The molecule has 3 heteroatoms. The molecule has 0 radical (unpaired) electrons. The fourth-order valence-electron chi connectivity index (χ4n) is 3.24. The van der Waals surface area contributed by atoms with Crippen LogP contribution in [0.15, 0.2) is 12.2 Å². The lowest BCUT2D eigenvalue weighted by Gasteiger charge is -2.27. The zero-order valence-electron chi connectivity index (χ0n) is 7.43. The van der Waals surface area contributed by atoms with Gasteiger partial charge in [-0.05, 0) is 25.2 Å². The normalized spacial score (nSPS) is 56.9. The maximum absolute atomic E-state index is 11.6. The van der Waals surface area contributed by atoms with Crippen molar-refractivity contribution in [2.45, 2.75) is 19.6 Å². The number of esters is 1. The summed E-state index contributed by atoms with van der Waals surface area (Å²) in [6, 6.07) is 0. The Hall–Kier alpha value is -0.830. The second kappa shape index (κ2) is 1.98. The molecule has 1 aliphatic heterocycles. The zero-order valence-corrected chi connectivity index (χ0v) is 7.43. The van der Waals surface area contributed by atoms with Crippen molar-refractivity contribution < 1.29 is 14.6 Å². The van der Waals surface area contributed by atoms with Gasteiger partial charge in [-0.15, -0.1) is 0 Å². The molecule has 3 aliphatic rings. The molecule has 3 nitrogen and oxygen atoms in total. The summed E-state index contributed by atoms with van der Waals surface area (Å²) in [6.45, 7) is 1.92. The average molecular weight is 180 g/mol. The predicted octanol–water partition coefficient (Wildman–Crippen LogP) is 0.690. The molecule has 2 bridgehead atoms. The third kappa shape index (κ3) is 0.645. The van der Waals surface area contributed by atoms with E-state index in [9.17, 15) is 9.90 Å². The summed E-state index contributed by atoms with van der Waals surface area (Å²) in [6.07, 6.45) is 4.34. The lowest BCUT2D eigenvalue weighted by Crippen LogP contribution is -2.35. The number of cyclic esters (lactones) is 1. The molecule has 70 valence electrons. The van der Waals surface area contributed by atoms with Gasteiger partial charge in [0.1, 0.15) is 0 Å². The van der Waals surface area contributed by atoms with Crippen molar-refractivity contribution in [3.63, 3.8) is 0 Å². The summed E-state index contributed by atoms with van der Waals surface area (Å²) in [5.74, 6) is 0.403. The smallest absolute Gasteiger partial charge is 0.315 e. The van der Waals surface area contributed by atoms with Crippen molar-refractivity contribution in [2.24, 2.45) is 23.2 Å². The highest BCUT2D eigenvalue weighted by molar-refractivity contribution is 5.81. The summed E-state index contributed by atoms with van der Waals surface area (Å²) >= 11 is 0. The van der Waals surface area contributed by atoms with Crippen molar-refractivity contribution in [1.29, 1.82) is 0 Å². The molecule has 1 saturated carbocycles. The summed E-state index contributed by atoms with van der Waals surface area (Å²) in [5, 5.41) is 9.58. The summed E-state index contributed by atoms with van der Waals surface area (Å²) in [5.41, 5.74) is -0.446. The van der Waals surface area contributed by atoms with E-state index in [4.69, 9.17) is 4.74 Å². The second-order valence-corrected chi connectivity index (χ2v) is 4.50. The first kappa shape index (κ1) is 7.56. The maximum atomic E-state index is 11.6. The van der Waals surface area contributed by atoms with Crippen LogP contribution in [0.5, 0.6) is 0 Å². The third-order valence-corrected chi connectivity index (χ3v) is 4.02. The lowest BCUT2D eigenvalue weighted by atomic mass is 9.71. The van der Waals surface area contributed by atoms with E-state index in [0.717, 1.165) is 6.42 Å². The molecule has 1 saturated heterocycles. The molecule has 0 amide bonds. The average Bonchev–Trinajstić information content (AvgIpc) is 2.66. The van der Waals surface area contributed by atoms with Crippen LogP contribution in [0.4, 0.5) is 0 Å². The van der Waals surface area contributed by atoms with Gasteiger partial charge in [-0.2, -0.15) is 0 Å². The molecule has 1 N–H and O–H groups in total. The van der Waals surface area contributed by atoms with Crippen LogP contribution in [0.25, 0.3) is 0 Å². The van der Waals surface area contributed by atoms with Crippen LogP contribution in [0.2, 0.25) is 0 Å². The number of hydrogen-bond acceptors (Lipinski definition) is 3. The minimum atomic E-state index is -0.877. The molecule has 0 spiro atoms. The highest BCUT2D eigenvalue weighted by Gasteiger charge is 2.65. The fraction of sp³-hybridized carbons (Fsp3) is 0.700. The largest absolute Gasteiger partial charge is 0.435 e. The Morgan fingerprint density at radius 1 is 1.62 bits per heavy atom. The van der Waals surface area contributed by atoms with E-state index in [1.165, 1.54) is 0 Å². The Morgan fingerprint density at radius 2 is 2.38 bits per heavy atom. The highest BCUT2D eigenvalue weighted by Crippen LogP contribution is 2.60. The van der Waals surface area contributed by atoms with E-state index in [1.807, 2.05) is 6.92 Å². The number of fused-ring (bicyclic) bond motifs is 5. The van der Waals surface area contributed by atoms with Crippen LogP contribution in [-0.4, -0.2) is 17.4 Å². The molecule has 0 aromatic heterocycles. The molecular formula is C10H12O3. The Labute approximate surface area is 76.4 Å². The molecule has 2 aliphatic carbocycles. The maximum Gasteiger partial charge on any atom is 0.315 e. The molecule has 13 heavy (non-hydrogen) atoms. The Morgan fingerprint density at radius 3 is 3.08 bits per heavy atom. The number of aliphatic hydroxyl groups is 1. The highest BCUT2D eigenvalue weighted by atomic mass is 16.6. The van der Waals surface area contributed by atoms with Gasteiger partial charge in [-0.25, -0.2) is 0 Å². The van der Waals surface area contributed by atoms with Gasteiger partial charge in [0.2, 0.25) is 6.29 Å². The number of allylic oxidation sites excluding steroid dienone is 2. The van der Waals surface area contributed by atoms with Gasteiger partial charge in [0.25, 0.3) is 0 Å².